The second-order valence-corrected chi connectivity index (χ2v) is 6.54. The topological polar surface area (TPSA) is 42.4 Å². The number of pyridine rings is 1. The van der Waals surface area contributed by atoms with Crippen LogP contribution in [0.2, 0.25) is 0 Å². The molecule has 0 fully saturated rings. The maximum atomic E-state index is 11.8. The quantitative estimate of drug-likeness (QED) is 0.653. The molecule has 4 nitrogen and oxygen atoms in total. The molecule has 0 radical (unpaired) electrons. The normalized spacial score (nSPS) is 10.6. The molecule has 0 aliphatic heterocycles. The molecule has 24 heavy (non-hydrogen) atoms. The second kappa shape index (κ2) is 7.36. The maximum absolute atomic E-state index is 11.8. The molecule has 0 atom stereocenters. The average molecular weight is 338 g/mol. The van der Waals surface area contributed by atoms with Crippen LogP contribution in [0, 0.1) is 0 Å². The van der Waals surface area contributed by atoms with E-state index in [0.29, 0.717) is 11.3 Å². The molecule has 0 unspecified atom stereocenters. The van der Waals surface area contributed by atoms with E-state index in [9.17, 15) is 4.79 Å². The zero-order chi connectivity index (χ0) is 16.9. The van der Waals surface area contributed by atoms with Gasteiger partial charge in [-0.2, -0.15) is 0 Å². The van der Waals surface area contributed by atoms with E-state index < -0.39 is 6.09 Å². The van der Waals surface area contributed by atoms with Crippen molar-refractivity contribution in [3.63, 3.8) is 0 Å². The Labute approximate surface area is 145 Å². The summed E-state index contributed by atoms with van der Waals surface area (Å²) in [5.41, 5.74) is 1.87. The summed E-state index contributed by atoms with van der Waals surface area (Å²) < 4.78 is 5.42. The number of amides is 1. The average Bonchev–Trinajstić information content (AvgIpc) is 2.61. The fraction of sp³-hybridized carbons (Fsp3) is 0.158. The first-order valence-corrected chi connectivity index (χ1v) is 8.57. The molecule has 3 rings (SSSR count). The molecule has 0 saturated carbocycles. The SMILES string of the molecule is CN(C)C(=O)Oc1ccc(CSc2ccccc2)c2cccnc12. The van der Waals surface area contributed by atoms with Crippen LogP contribution in [0.15, 0.2) is 65.7 Å². The minimum absolute atomic E-state index is 0.409. The third kappa shape index (κ3) is 3.68. The zero-order valence-corrected chi connectivity index (χ0v) is 14.4. The Morgan fingerprint density at radius 3 is 2.62 bits per heavy atom. The first-order valence-electron chi connectivity index (χ1n) is 7.59. The van der Waals surface area contributed by atoms with Crippen LogP contribution < -0.4 is 4.74 Å². The molecule has 1 amide bonds. The van der Waals surface area contributed by atoms with Crippen LogP contribution >= 0.6 is 11.8 Å². The highest BCUT2D eigenvalue weighted by molar-refractivity contribution is 7.98. The predicted octanol–water partition coefficient (Wildman–Crippen LogP) is 4.59. The molecule has 122 valence electrons. The summed E-state index contributed by atoms with van der Waals surface area (Å²) in [4.78, 5) is 18.8. The van der Waals surface area contributed by atoms with Gasteiger partial charge in [0.2, 0.25) is 0 Å². The van der Waals surface area contributed by atoms with Gasteiger partial charge in [-0.05, 0) is 29.8 Å². The van der Waals surface area contributed by atoms with E-state index in [1.807, 2.05) is 42.5 Å². The van der Waals surface area contributed by atoms with E-state index in [2.05, 4.69) is 17.1 Å². The highest BCUT2D eigenvalue weighted by atomic mass is 32.2. The molecule has 0 bridgehead atoms. The van der Waals surface area contributed by atoms with E-state index in [4.69, 9.17) is 4.74 Å². The summed E-state index contributed by atoms with van der Waals surface area (Å²) >= 11 is 1.77. The van der Waals surface area contributed by atoms with Crippen LogP contribution in [-0.4, -0.2) is 30.1 Å². The van der Waals surface area contributed by atoms with Crippen molar-refractivity contribution < 1.29 is 9.53 Å². The van der Waals surface area contributed by atoms with E-state index in [1.54, 1.807) is 32.1 Å². The maximum Gasteiger partial charge on any atom is 0.414 e. The molecular formula is C19H18N2O2S. The van der Waals surface area contributed by atoms with Gasteiger partial charge in [0.05, 0.1) is 0 Å². The predicted molar refractivity (Wildman–Crippen MR) is 97.5 cm³/mol. The lowest BCUT2D eigenvalue weighted by Crippen LogP contribution is -2.25. The third-order valence-electron chi connectivity index (χ3n) is 3.52. The van der Waals surface area contributed by atoms with Gasteiger partial charge in [-0.15, -0.1) is 11.8 Å². The summed E-state index contributed by atoms with van der Waals surface area (Å²) in [6.07, 6.45) is 1.30. The lowest BCUT2D eigenvalue weighted by Gasteiger charge is -2.13. The Bertz CT molecular complexity index is 850. The van der Waals surface area contributed by atoms with Crippen molar-refractivity contribution in [2.24, 2.45) is 0 Å². The molecular weight excluding hydrogens is 320 g/mol. The van der Waals surface area contributed by atoms with Gasteiger partial charge in [-0.1, -0.05) is 30.3 Å². The molecule has 0 aliphatic rings. The van der Waals surface area contributed by atoms with Gasteiger partial charge in [0.1, 0.15) is 5.52 Å². The van der Waals surface area contributed by atoms with Gasteiger partial charge in [0.25, 0.3) is 0 Å². The molecule has 1 heterocycles. The van der Waals surface area contributed by atoms with Crippen molar-refractivity contribution in [2.75, 3.05) is 14.1 Å². The van der Waals surface area contributed by atoms with Gasteiger partial charge in [-0.25, -0.2) is 4.79 Å². The molecule has 1 aromatic heterocycles. The summed E-state index contributed by atoms with van der Waals surface area (Å²) in [5.74, 6) is 1.31. The first-order chi connectivity index (χ1) is 11.6. The van der Waals surface area contributed by atoms with Crippen LogP contribution in [-0.2, 0) is 5.75 Å². The Hall–Kier alpha value is -2.53. The van der Waals surface area contributed by atoms with Gasteiger partial charge >= 0.3 is 6.09 Å². The number of hydrogen-bond donors (Lipinski definition) is 0. The Morgan fingerprint density at radius 1 is 1.08 bits per heavy atom. The highest BCUT2D eigenvalue weighted by Crippen LogP contribution is 2.31. The fourth-order valence-electron chi connectivity index (χ4n) is 2.28. The molecule has 5 heteroatoms. The smallest absolute Gasteiger partial charge is 0.408 e. The summed E-state index contributed by atoms with van der Waals surface area (Å²) in [7, 11) is 3.31. The van der Waals surface area contributed by atoms with Crippen LogP contribution in [0.25, 0.3) is 10.9 Å². The molecule has 0 saturated heterocycles. The number of nitrogens with zero attached hydrogens (tertiary/aromatic N) is 2. The second-order valence-electron chi connectivity index (χ2n) is 5.49. The van der Waals surface area contributed by atoms with Crippen LogP contribution in [0.5, 0.6) is 5.75 Å². The van der Waals surface area contributed by atoms with Crippen molar-refractivity contribution in [1.82, 2.24) is 9.88 Å². The molecule has 2 aromatic carbocycles. The van der Waals surface area contributed by atoms with Crippen molar-refractivity contribution in [1.29, 1.82) is 0 Å². The number of hydrogen-bond acceptors (Lipinski definition) is 4. The zero-order valence-electron chi connectivity index (χ0n) is 13.6. The van der Waals surface area contributed by atoms with E-state index >= 15 is 0 Å². The van der Waals surface area contributed by atoms with Crippen molar-refractivity contribution >= 4 is 28.8 Å². The molecule has 3 aromatic rings. The lowest BCUT2D eigenvalue weighted by molar-refractivity contribution is 0.172. The minimum atomic E-state index is -0.409. The molecule has 0 aliphatic carbocycles. The summed E-state index contributed by atoms with van der Waals surface area (Å²) in [6, 6.07) is 18.0. The number of aromatic nitrogens is 1. The van der Waals surface area contributed by atoms with Crippen LogP contribution in [0.1, 0.15) is 5.56 Å². The number of fused-ring (bicyclic) bond motifs is 1. The highest BCUT2D eigenvalue weighted by Gasteiger charge is 2.13. The fourth-order valence-corrected chi connectivity index (χ4v) is 3.20. The molecule has 0 spiro atoms. The van der Waals surface area contributed by atoms with Gasteiger partial charge in [0, 0.05) is 36.3 Å². The standard InChI is InChI=1S/C19H18N2O2S/c1-21(2)19(22)23-17-11-10-14(16-9-6-12-20-18(16)17)13-24-15-7-4-3-5-8-15/h3-12H,13H2,1-2H3. The Balaban J connectivity index is 1.89. The van der Waals surface area contributed by atoms with Gasteiger partial charge < -0.3 is 9.64 Å². The molecule has 0 N–H and O–H groups in total. The van der Waals surface area contributed by atoms with Crippen molar-refractivity contribution in [3.05, 3.63) is 66.4 Å². The van der Waals surface area contributed by atoms with Gasteiger partial charge in [-0.3, -0.25) is 4.98 Å². The van der Waals surface area contributed by atoms with Crippen molar-refractivity contribution in [2.45, 2.75) is 10.6 Å². The summed E-state index contributed by atoms with van der Waals surface area (Å²) in [5, 5.41) is 1.00. The Morgan fingerprint density at radius 2 is 1.88 bits per heavy atom. The van der Waals surface area contributed by atoms with E-state index in [-0.39, 0.29) is 0 Å². The minimum Gasteiger partial charge on any atom is -0.408 e. The number of ether oxygens (including phenoxy) is 1. The Kier molecular flexibility index (Phi) is 5.01. The van der Waals surface area contributed by atoms with E-state index in [1.165, 1.54) is 9.80 Å². The number of benzene rings is 2. The van der Waals surface area contributed by atoms with Crippen LogP contribution in [0.3, 0.4) is 0 Å². The monoisotopic (exact) mass is 338 g/mol. The lowest BCUT2D eigenvalue weighted by atomic mass is 10.1. The van der Waals surface area contributed by atoms with Crippen LogP contribution in [0.4, 0.5) is 4.79 Å². The number of thioether (sulfide) groups is 1. The number of carbonyl (C=O) groups is 1. The first kappa shape index (κ1) is 16.3. The van der Waals surface area contributed by atoms with Crippen molar-refractivity contribution in [3.8, 4) is 5.75 Å². The van der Waals surface area contributed by atoms with Gasteiger partial charge in [0.15, 0.2) is 5.75 Å². The number of rotatable bonds is 4. The largest absolute Gasteiger partial charge is 0.414 e. The van der Waals surface area contributed by atoms with E-state index in [0.717, 1.165) is 16.7 Å². The number of carbonyl (C=O) groups excluding carboxylic acids is 1. The third-order valence-corrected chi connectivity index (χ3v) is 4.58. The summed E-state index contributed by atoms with van der Waals surface area (Å²) in [6.45, 7) is 0.